The van der Waals surface area contributed by atoms with Gasteiger partial charge >= 0.3 is 0 Å². The molecule has 0 bridgehead atoms. The van der Waals surface area contributed by atoms with Crippen LogP contribution in [0.15, 0.2) is 11.6 Å². The molecule has 78 valence electrons. The Balaban J connectivity index is 1.97. The van der Waals surface area contributed by atoms with Crippen LogP contribution in [0.4, 0.5) is 0 Å². The van der Waals surface area contributed by atoms with Crippen LogP contribution in [-0.4, -0.2) is 45.4 Å². The van der Waals surface area contributed by atoms with E-state index in [0.717, 1.165) is 11.6 Å². The molecule has 5 heteroatoms. The Morgan fingerprint density at radius 2 is 2.50 bits per heavy atom. The highest BCUT2D eigenvalue weighted by molar-refractivity contribution is 7.09. The van der Waals surface area contributed by atoms with Gasteiger partial charge < -0.3 is 10.2 Å². The number of hydrogen-bond donors (Lipinski definition) is 2. The Bertz CT molecular complexity index is 278. The molecular formula is C9H14N2O2S. The second kappa shape index (κ2) is 4.35. The molecule has 2 heterocycles. The van der Waals surface area contributed by atoms with E-state index in [4.69, 9.17) is 5.11 Å². The van der Waals surface area contributed by atoms with Gasteiger partial charge in [-0.05, 0) is 6.42 Å². The fourth-order valence-corrected chi connectivity index (χ4v) is 2.49. The van der Waals surface area contributed by atoms with Crippen LogP contribution in [0.2, 0.25) is 0 Å². The lowest BCUT2D eigenvalue weighted by Crippen LogP contribution is -2.31. The first kappa shape index (κ1) is 10.0. The first-order chi connectivity index (χ1) is 6.79. The van der Waals surface area contributed by atoms with Gasteiger partial charge in [0.05, 0.1) is 19.3 Å². The normalized spacial score (nSPS) is 28.4. The van der Waals surface area contributed by atoms with Crippen LogP contribution < -0.4 is 0 Å². The van der Waals surface area contributed by atoms with Crippen molar-refractivity contribution >= 4 is 11.3 Å². The molecule has 1 aromatic heterocycles. The third-order valence-electron chi connectivity index (χ3n) is 2.54. The molecule has 2 rings (SSSR count). The molecule has 1 saturated heterocycles. The first-order valence-corrected chi connectivity index (χ1v) is 5.59. The van der Waals surface area contributed by atoms with Gasteiger partial charge in [0.2, 0.25) is 0 Å². The molecule has 0 unspecified atom stereocenters. The Labute approximate surface area is 86.8 Å². The fourth-order valence-electron chi connectivity index (χ4n) is 1.85. The topological polar surface area (TPSA) is 56.6 Å². The van der Waals surface area contributed by atoms with Crippen LogP contribution in [0, 0.1) is 0 Å². The molecule has 0 radical (unpaired) electrons. The van der Waals surface area contributed by atoms with E-state index < -0.39 is 0 Å². The van der Waals surface area contributed by atoms with Crippen molar-refractivity contribution in [3.8, 4) is 0 Å². The minimum Gasteiger partial charge on any atom is -0.395 e. The number of likely N-dealkylation sites (tertiary alicyclic amines) is 1. The number of nitrogens with zero attached hydrogens (tertiary/aromatic N) is 2. The highest BCUT2D eigenvalue weighted by atomic mass is 32.1. The molecule has 1 aliphatic rings. The Morgan fingerprint density at radius 1 is 1.64 bits per heavy atom. The summed E-state index contributed by atoms with van der Waals surface area (Å²) < 4.78 is 0. The van der Waals surface area contributed by atoms with E-state index in [2.05, 4.69) is 9.88 Å². The number of β-amino-alcohol motifs (C(OH)–C–C–N with tert-alkyl or cyclic N) is 1. The number of thiazole rings is 1. The molecule has 2 atom stereocenters. The van der Waals surface area contributed by atoms with Crippen molar-refractivity contribution in [2.45, 2.75) is 25.1 Å². The fraction of sp³-hybridized carbons (Fsp3) is 0.667. The number of aliphatic hydroxyl groups excluding tert-OH is 2. The molecule has 0 aliphatic carbocycles. The lowest BCUT2D eigenvalue weighted by atomic mass is 10.2. The standard InChI is InChI=1S/C9H14N2O2S/c12-6-7-3-8(13)4-11(7)5-9-10-1-2-14-9/h1-2,7-8,12-13H,3-6H2/t7-,8-/m0/s1. The predicted molar refractivity (Wildman–Crippen MR) is 54.0 cm³/mol. The molecule has 1 fully saturated rings. The Morgan fingerprint density at radius 3 is 3.14 bits per heavy atom. The zero-order chi connectivity index (χ0) is 9.97. The van der Waals surface area contributed by atoms with Gasteiger partial charge in [-0.2, -0.15) is 0 Å². The van der Waals surface area contributed by atoms with Gasteiger partial charge in [-0.25, -0.2) is 4.98 Å². The third kappa shape index (κ3) is 2.12. The molecule has 2 N–H and O–H groups in total. The monoisotopic (exact) mass is 214 g/mol. The molecule has 0 amide bonds. The van der Waals surface area contributed by atoms with E-state index in [1.165, 1.54) is 0 Å². The van der Waals surface area contributed by atoms with Crippen LogP contribution in [0.25, 0.3) is 0 Å². The summed E-state index contributed by atoms with van der Waals surface area (Å²) in [5.41, 5.74) is 0. The van der Waals surface area contributed by atoms with E-state index in [1.54, 1.807) is 17.5 Å². The molecule has 1 aliphatic heterocycles. The van der Waals surface area contributed by atoms with Gasteiger partial charge in [0, 0.05) is 24.2 Å². The third-order valence-corrected chi connectivity index (χ3v) is 3.30. The quantitative estimate of drug-likeness (QED) is 0.747. The minimum absolute atomic E-state index is 0.0916. The molecule has 0 saturated carbocycles. The average molecular weight is 214 g/mol. The van der Waals surface area contributed by atoms with Crippen molar-refractivity contribution in [2.75, 3.05) is 13.2 Å². The predicted octanol–water partition coefficient (Wildman–Crippen LogP) is 0.0706. The van der Waals surface area contributed by atoms with Gasteiger partial charge in [-0.3, -0.25) is 4.90 Å². The smallest absolute Gasteiger partial charge is 0.107 e. The number of hydrogen-bond acceptors (Lipinski definition) is 5. The Kier molecular flexibility index (Phi) is 3.12. The van der Waals surface area contributed by atoms with E-state index in [0.29, 0.717) is 13.0 Å². The second-order valence-corrected chi connectivity index (χ2v) is 4.56. The summed E-state index contributed by atoms with van der Waals surface area (Å²) in [5, 5.41) is 21.6. The molecule has 0 aromatic carbocycles. The van der Waals surface area contributed by atoms with Gasteiger partial charge in [0.1, 0.15) is 5.01 Å². The first-order valence-electron chi connectivity index (χ1n) is 4.71. The summed E-state index contributed by atoms with van der Waals surface area (Å²) >= 11 is 1.61. The van der Waals surface area contributed by atoms with Crippen molar-refractivity contribution in [1.82, 2.24) is 9.88 Å². The van der Waals surface area contributed by atoms with E-state index in [1.807, 2.05) is 5.38 Å². The lowest BCUT2D eigenvalue weighted by Gasteiger charge is -2.20. The van der Waals surface area contributed by atoms with Crippen LogP contribution in [0.5, 0.6) is 0 Å². The van der Waals surface area contributed by atoms with Gasteiger partial charge in [-0.1, -0.05) is 0 Å². The van der Waals surface area contributed by atoms with Crippen molar-refractivity contribution < 1.29 is 10.2 Å². The minimum atomic E-state index is -0.299. The average Bonchev–Trinajstić information content (AvgIpc) is 2.76. The molecule has 4 nitrogen and oxygen atoms in total. The molecular weight excluding hydrogens is 200 g/mol. The van der Waals surface area contributed by atoms with Gasteiger partial charge in [-0.15, -0.1) is 11.3 Å². The van der Waals surface area contributed by atoms with Crippen LogP contribution in [-0.2, 0) is 6.54 Å². The molecule has 1 aromatic rings. The number of rotatable bonds is 3. The summed E-state index contributed by atoms with van der Waals surface area (Å²) in [6, 6.07) is 0.0916. The van der Waals surface area contributed by atoms with Crippen molar-refractivity contribution in [3.05, 3.63) is 16.6 Å². The second-order valence-electron chi connectivity index (χ2n) is 3.58. The highest BCUT2D eigenvalue weighted by Gasteiger charge is 2.30. The Hall–Kier alpha value is -0.490. The van der Waals surface area contributed by atoms with Crippen molar-refractivity contribution in [3.63, 3.8) is 0 Å². The van der Waals surface area contributed by atoms with Crippen LogP contribution >= 0.6 is 11.3 Å². The molecule has 0 spiro atoms. The van der Waals surface area contributed by atoms with Crippen molar-refractivity contribution in [1.29, 1.82) is 0 Å². The van der Waals surface area contributed by atoms with E-state index in [-0.39, 0.29) is 18.8 Å². The van der Waals surface area contributed by atoms with Gasteiger partial charge in [0.25, 0.3) is 0 Å². The highest BCUT2D eigenvalue weighted by Crippen LogP contribution is 2.20. The molecule has 14 heavy (non-hydrogen) atoms. The lowest BCUT2D eigenvalue weighted by molar-refractivity contribution is 0.150. The van der Waals surface area contributed by atoms with Crippen LogP contribution in [0.1, 0.15) is 11.4 Å². The SMILES string of the molecule is OC[C@@H]1C[C@H](O)CN1Cc1nccs1. The van der Waals surface area contributed by atoms with E-state index in [9.17, 15) is 5.11 Å². The summed E-state index contributed by atoms with van der Waals surface area (Å²) in [4.78, 5) is 6.27. The zero-order valence-electron chi connectivity index (χ0n) is 7.83. The summed E-state index contributed by atoms with van der Waals surface area (Å²) in [6.45, 7) is 1.49. The van der Waals surface area contributed by atoms with Gasteiger partial charge in [0.15, 0.2) is 0 Å². The largest absolute Gasteiger partial charge is 0.395 e. The summed E-state index contributed by atoms with van der Waals surface area (Å²) in [7, 11) is 0. The maximum atomic E-state index is 9.46. The summed E-state index contributed by atoms with van der Waals surface area (Å²) in [5.74, 6) is 0. The van der Waals surface area contributed by atoms with Crippen LogP contribution in [0.3, 0.4) is 0 Å². The maximum absolute atomic E-state index is 9.46. The summed E-state index contributed by atoms with van der Waals surface area (Å²) in [6.07, 6.45) is 2.15. The number of aromatic nitrogens is 1. The van der Waals surface area contributed by atoms with E-state index >= 15 is 0 Å². The maximum Gasteiger partial charge on any atom is 0.107 e. The number of aliphatic hydroxyl groups is 2. The zero-order valence-corrected chi connectivity index (χ0v) is 8.65. The van der Waals surface area contributed by atoms with Crippen molar-refractivity contribution in [2.24, 2.45) is 0 Å².